The van der Waals surface area contributed by atoms with Gasteiger partial charge in [-0.05, 0) is 73.6 Å². The van der Waals surface area contributed by atoms with Crippen molar-refractivity contribution in [1.29, 1.82) is 0 Å². The van der Waals surface area contributed by atoms with Crippen LogP contribution in [0.1, 0.15) is 24.8 Å². The second-order valence-corrected chi connectivity index (χ2v) is 8.85. The summed E-state index contributed by atoms with van der Waals surface area (Å²) in [4.78, 5) is 22.6. The van der Waals surface area contributed by atoms with Crippen LogP contribution in [0.4, 0.5) is 4.39 Å². The zero-order valence-electron chi connectivity index (χ0n) is 19.5. The monoisotopic (exact) mass is 477 g/mol. The molecule has 2 aliphatic rings. The second-order valence-electron chi connectivity index (χ2n) is 8.85. The number of likely N-dealkylation sites (tertiary alicyclic amines) is 1. The largest absolute Gasteiger partial charge is 0.486 e. The Kier molecular flexibility index (Phi) is 7.07. The van der Waals surface area contributed by atoms with Crippen LogP contribution >= 0.6 is 0 Å². The molecular formula is C27H28FN3O4. The van der Waals surface area contributed by atoms with E-state index in [-0.39, 0.29) is 12.5 Å². The zero-order valence-corrected chi connectivity index (χ0v) is 19.5. The Labute approximate surface area is 203 Å². The van der Waals surface area contributed by atoms with Crippen molar-refractivity contribution in [3.63, 3.8) is 0 Å². The predicted molar refractivity (Wildman–Crippen MR) is 128 cm³/mol. The summed E-state index contributed by atoms with van der Waals surface area (Å²) in [6, 6.07) is 12.5. The number of nitrogens with zero attached hydrogens (tertiary/aromatic N) is 3. The van der Waals surface area contributed by atoms with E-state index in [0.29, 0.717) is 36.1 Å². The number of pyridine rings is 2. The van der Waals surface area contributed by atoms with E-state index in [4.69, 9.17) is 14.2 Å². The first-order chi connectivity index (χ1) is 17.2. The molecule has 0 N–H and O–H groups in total. The van der Waals surface area contributed by atoms with Crippen LogP contribution in [0.2, 0.25) is 0 Å². The summed E-state index contributed by atoms with van der Waals surface area (Å²) >= 11 is 0. The molecule has 0 bridgehead atoms. The predicted octanol–water partition coefficient (Wildman–Crippen LogP) is 4.30. The SMILES string of the molecule is O=C(COc1cccnc1-c1ccc(F)nc1)N1CCC(CCc2ccc3c(c2)OCCO3)CC1. The average Bonchev–Trinajstić information content (AvgIpc) is 2.91. The van der Waals surface area contributed by atoms with Gasteiger partial charge in [-0.25, -0.2) is 4.98 Å². The van der Waals surface area contributed by atoms with Gasteiger partial charge in [0.05, 0.1) is 0 Å². The second kappa shape index (κ2) is 10.7. The van der Waals surface area contributed by atoms with E-state index in [1.54, 1.807) is 24.4 Å². The van der Waals surface area contributed by atoms with E-state index < -0.39 is 5.95 Å². The van der Waals surface area contributed by atoms with Crippen LogP contribution in [0.5, 0.6) is 17.2 Å². The number of ether oxygens (including phenoxy) is 3. The molecule has 7 nitrogen and oxygen atoms in total. The van der Waals surface area contributed by atoms with Crippen molar-refractivity contribution >= 4 is 5.91 Å². The molecule has 182 valence electrons. The number of halogens is 1. The number of rotatable bonds is 7. The Bertz CT molecular complexity index is 1160. The third kappa shape index (κ3) is 5.70. The average molecular weight is 478 g/mol. The number of amides is 1. The van der Waals surface area contributed by atoms with Gasteiger partial charge in [0, 0.05) is 31.0 Å². The number of aryl methyl sites for hydroxylation is 1. The lowest BCUT2D eigenvalue weighted by Gasteiger charge is -2.32. The summed E-state index contributed by atoms with van der Waals surface area (Å²) in [7, 11) is 0. The fraction of sp³-hybridized carbons (Fsp3) is 0.370. The minimum Gasteiger partial charge on any atom is -0.486 e. The summed E-state index contributed by atoms with van der Waals surface area (Å²) < 4.78 is 30.3. The van der Waals surface area contributed by atoms with E-state index in [9.17, 15) is 9.18 Å². The van der Waals surface area contributed by atoms with Gasteiger partial charge in [-0.2, -0.15) is 4.39 Å². The van der Waals surface area contributed by atoms with Crippen molar-refractivity contribution in [1.82, 2.24) is 14.9 Å². The molecule has 4 heterocycles. The number of piperidine rings is 1. The van der Waals surface area contributed by atoms with Gasteiger partial charge in [0.1, 0.15) is 24.7 Å². The van der Waals surface area contributed by atoms with Gasteiger partial charge in [0.2, 0.25) is 5.95 Å². The lowest BCUT2D eigenvalue weighted by atomic mass is 9.90. The van der Waals surface area contributed by atoms with Gasteiger partial charge in [0.15, 0.2) is 18.1 Å². The normalized spacial score (nSPS) is 15.6. The lowest BCUT2D eigenvalue weighted by molar-refractivity contribution is -0.134. The molecule has 0 spiro atoms. The number of aromatic nitrogens is 2. The van der Waals surface area contributed by atoms with Crippen molar-refractivity contribution in [2.24, 2.45) is 5.92 Å². The Balaban J connectivity index is 1.09. The fourth-order valence-electron chi connectivity index (χ4n) is 4.56. The highest BCUT2D eigenvalue weighted by Crippen LogP contribution is 2.32. The van der Waals surface area contributed by atoms with Crippen molar-refractivity contribution < 1.29 is 23.4 Å². The summed E-state index contributed by atoms with van der Waals surface area (Å²) in [5, 5.41) is 0. The van der Waals surface area contributed by atoms with Crippen LogP contribution in [0, 0.1) is 11.9 Å². The van der Waals surface area contributed by atoms with Crippen LogP contribution < -0.4 is 14.2 Å². The highest BCUT2D eigenvalue weighted by Gasteiger charge is 2.23. The topological polar surface area (TPSA) is 73.8 Å². The minimum atomic E-state index is -0.558. The number of benzene rings is 1. The van der Waals surface area contributed by atoms with Crippen LogP contribution in [-0.2, 0) is 11.2 Å². The summed E-state index contributed by atoms with van der Waals surface area (Å²) in [6.07, 6.45) is 7.07. The standard InChI is InChI=1S/C27H28FN3O4/c28-25-8-6-21(17-30-25)27-23(2-1-11-29-27)35-18-26(32)31-12-9-19(10-13-31)3-4-20-5-7-22-24(16-20)34-15-14-33-22/h1-2,5-8,11,16-17,19H,3-4,9-10,12-15,18H2. The highest BCUT2D eigenvalue weighted by atomic mass is 19.1. The van der Waals surface area contributed by atoms with Gasteiger partial charge in [-0.15, -0.1) is 0 Å². The molecule has 0 unspecified atom stereocenters. The van der Waals surface area contributed by atoms with E-state index >= 15 is 0 Å². The molecular weight excluding hydrogens is 449 g/mol. The molecule has 2 aliphatic heterocycles. The van der Waals surface area contributed by atoms with Crippen LogP contribution in [0.25, 0.3) is 11.3 Å². The number of fused-ring (bicyclic) bond motifs is 1. The fourth-order valence-corrected chi connectivity index (χ4v) is 4.56. The van der Waals surface area contributed by atoms with Crippen molar-refractivity contribution in [2.45, 2.75) is 25.7 Å². The van der Waals surface area contributed by atoms with E-state index in [0.717, 1.165) is 50.3 Å². The Morgan fingerprint density at radius 1 is 1.06 bits per heavy atom. The first-order valence-corrected chi connectivity index (χ1v) is 12.0. The quantitative estimate of drug-likeness (QED) is 0.473. The van der Waals surface area contributed by atoms with Gasteiger partial charge in [-0.1, -0.05) is 6.07 Å². The van der Waals surface area contributed by atoms with E-state index in [1.807, 2.05) is 11.0 Å². The summed E-state index contributed by atoms with van der Waals surface area (Å²) in [6.45, 7) is 2.60. The minimum absolute atomic E-state index is 0.0395. The Morgan fingerprint density at radius 3 is 2.69 bits per heavy atom. The van der Waals surface area contributed by atoms with Gasteiger partial charge in [-0.3, -0.25) is 9.78 Å². The van der Waals surface area contributed by atoms with Gasteiger partial charge in [0.25, 0.3) is 5.91 Å². The molecule has 1 amide bonds. The number of carbonyl (C=O) groups excluding carboxylic acids is 1. The van der Waals surface area contributed by atoms with Crippen molar-refractivity contribution in [3.8, 4) is 28.5 Å². The maximum atomic E-state index is 13.2. The zero-order chi connectivity index (χ0) is 24.0. The molecule has 2 aromatic heterocycles. The molecule has 1 fully saturated rings. The lowest BCUT2D eigenvalue weighted by Crippen LogP contribution is -2.41. The maximum absolute atomic E-state index is 13.2. The van der Waals surface area contributed by atoms with E-state index in [1.165, 1.54) is 17.8 Å². The Morgan fingerprint density at radius 2 is 1.89 bits per heavy atom. The molecule has 3 aromatic rings. The number of carbonyl (C=O) groups is 1. The first kappa shape index (κ1) is 23.1. The molecule has 0 saturated carbocycles. The maximum Gasteiger partial charge on any atom is 0.260 e. The van der Waals surface area contributed by atoms with Crippen LogP contribution in [0.3, 0.4) is 0 Å². The number of hydrogen-bond donors (Lipinski definition) is 0. The molecule has 1 aromatic carbocycles. The van der Waals surface area contributed by atoms with Gasteiger partial charge < -0.3 is 19.1 Å². The molecule has 0 atom stereocenters. The number of hydrogen-bond acceptors (Lipinski definition) is 6. The molecule has 5 rings (SSSR count). The van der Waals surface area contributed by atoms with Crippen molar-refractivity contribution in [2.75, 3.05) is 32.9 Å². The molecule has 1 saturated heterocycles. The van der Waals surface area contributed by atoms with E-state index in [2.05, 4.69) is 22.1 Å². The van der Waals surface area contributed by atoms with Gasteiger partial charge >= 0.3 is 0 Å². The molecule has 35 heavy (non-hydrogen) atoms. The smallest absolute Gasteiger partial charge is 0.260 e. The third-order valence-corrected chi connectivity index (χ3v) is 6.54. The highest BCUT2D eigenvalue weighted by molar-refractivity contribution is 5.78. The molecule has 0 aliphatic carbocycles. The third-order valence-electron chi connectivity index (χ3n) is 6.54. The summed E-state index contributed by atoms with van der Waals surface area (Å²) in [5.41, 5.74) is 2.42. The summed E-state index contributed by atoms with van der Waals surface area (Å²) in [5.74, 6) is 2.12. The van der Waals surface area contributed by atoms with Crippen LogP contribution in [-0.4, -0.2) is 53.7 Å². The Hall–Kier alpha value is -3.68. The first-order valence-electron chi connectivity index (χ1n) is 12.0. The van der Waals surface area contributed by atoms with Crippen molar-refractivity contribution in [3.05, 3.63) is 66.4 Å². The molecule has 8 heteroatoms. The van der Waals surface area contributed by atoms with Crippen LogP contribution in [0.15, 0.2) is 54.9 Å². The molecule has 0 radical (unpaired) electrons.